The Labute approximate surface area is 219 Å². The lowest BCUT2D eigenvalue weighted by molar-refractivity contribution is 0.0964. The highest BCUT2D eigenvalue weighted by molar-refractivity contribution is 5.96. The molecule has 0 radical (unpaired) electrons. The summed E-state index contributed by atoms with van der Waals surface area (Å²) in [4.78, 5) is 26.5. The molecule has 2 N–H and O–H groups in total. The van der Waals surface area contributed by atoms with Crippen LogP contribution in [0.3, 0.4) is 0 Å². The highest BCUT2D eigenvalue weighted by Crippen LogP contribution is 2.30. The number of likely N-dealkylation sites (tertiary alicyclic amines) is 1. The Morgan fingerprint density at radius 1 is 0.973 bits per heavy atom. The van der Waals surface area contributed by atoms with Crippen molar-refractivity contribution in [1.82, 2.24) is 10.2 Å². The molecule has 1 aliphatic rings. The monoisotopic (exact) mass is 501 g/mol. The largest absolute Gasteiger partial charge is 0.338 e. The fourth-order valence-electron chi connectivity index (χ4n) is 5.18. The number of halogens is 1. The average molecular weight is 502 g/mol. The average Bonchev–Trinajstić information content (AvgIpc) is 2.90. The van der Waals surface area contributed by atoms with Crippen molar-refractivity contribution in [1.29, 1.82) is 0 Å². The lowest BCUT2D eigenvalue weighted by Gasteiger charge is -2.40. The fraction of sp³-hybridized carbons (Fsp3) is 0.355. The SMILES string of the molecule is CC(=O)c1cccc(NC(=O)NCCC[C@H]2C[C@H](Cc3ccc(F)cc3)CCN2Cc2ccccc2)c1. The minimum atomic E-state index is -0.264. The molecule has 0 saturated carbocycles. The van der Waals surface area contributed by atoms with Crippen molar-refractivity contribution >= 4 is 17.5 Å². The van der Waals surface area contributed by atoms with Crippen molar-refractivity contribution in [3.8, 4) is 0 Å². The first-order valence-electron chi connectivity index (χ1n) is 13.1. The molecule has 2 atom stereocenters. The van der Waals surface area contributed by atoms with E-state index < -0.39 is 0 Å². The fourth-order valence-corrected chi connectivity index (χ4v) is 5.18. The molecular formula is C31H36FN3O2. The van der Waals surface area contributed by atoms with Crippen LogP contribution in [0, 0.1) is 11.7 Å². The zero-order valence-electron chi connectivity index (χ0n) is 21.5. The summed E-state index contributed by atoms with van der Waals surface area (Å²) in [5, 5.41) is 5.77. The zero-order valence-corrected chi connectivity index (χ0v) is 21.5. The van der Waals surface area contributed by atoms with E-state index in [1.807, 2.05) is 18.2 Å². The smallest absolute Gasteiger partial charge is 0.319 e. The third-order valence-electron chi connectivity index (χ3n) is 7.14. The van der Waals surface area contributed by atoms with E-state index in [4.69, 9.17) is 0 Å². The standard InChI is InChI=1S/C31H36FN3O2/c1-23(36)27-9-5-10-29(21-27)34-31(37)33-17-6-11-30-20-26(19-24-12-14-28(32)15-13-24)16-18-35(30)22-25-7-3-2-4-8-25/h2-5,7-10,12-15,21,26,30H,6,11,16-20,22H2,1H3,(H2,33,34,37)/t26-,30-/m0/s1. The van der Waals surface area contributed by atoms with Crippen LogP contribution in [0.4, 0.5) is 14.9 Å². The van der Waals surface area contributed by atoms with Gasteiger partial charge in [0.1, 0.15) is 5.82 Å². The minimum absolute atomic E-state index is 0.0330. The Hall–Kier alpha value is -3.51. The van der Waals surface area contributed by atoms with Gasteiger partial charge in [0.25, 0.3) is 0 Å². The van der Waals surface area contributed by atoms with Gasteiger partial charge in [-0.1, -0.05) is 54.6 Å². The van der Waals surface area contributed by atoms with Crippen molar-refractivity contribution in [2.24, 2.45) is 5.92 Å². The van der Waals surface area contributed by atoms with Crippen LogP contribution in [0.5, 0.6) is 0 Å². The molecule has 5 nitrogen and oxygen atoms in total. The molecule has 0 aliphatic carbocycles. The van der Waals surface area contributed by atoms with E-state index in [0.29, 0.717) is 29.8 Å². The van der Waals surface area contributed by atoms with Gasteiger partial charge in [0.15, 0.2) is 5.78 Å². The van der Waals surface area contributed by atoms with Crippen molar-refractivity contribution in [2.75, 3.05) is 18.4 Å². The van der Waals surface area contributed by atoms with E-state index in [9.17, 15) is 14.0 Å². The predicted molar refractivity (Wildman–Crippen MR) is 146 cm³/mol. The van der Waals surface area contributed by atoms with Gasteiger partial charge in [-0.05, 0) is 86.9 Å². The van der Waals surface area contributed by atoms with Gasteiger partial charge in [0, 0.05) is 30.4 Å². The van der Waals surface area contributed by atoms with Crippen LogP contribution in [0.25, 0.3) is 0 Å². The van der Waals surface area contributed by atoms with Gasteiger partial charge >= 0.3 is 6.03 Å². The predicted octanol–water partition coefficient (Wildman–Crippen LogP) is 6.45. The first kappa shape index (κ1) is 26.6. The Kier molecular flexibility index (Phi) is 9.44. The Bertz CT molecular complexity index is 1170. The van der Waals surface area contributed by atoms with E-state index in [1.165, 1.54) is 18.1 Å². The molecule has 37 heavy (non-hydrogen) atoms. The molecule has 4 rings (SSSR count). The number of nitrogens with zero attached hydrogens (tertiary/aromatic N) is 1. The Morgan fingerprint density at radius 3 is 2.51 bits per heavy atom. The number of ketones is 1. The van der Waals surface area contributed by atoms with E-state index in [1.54, 1.807) is 36.4 Å². The summed E-state index contributed by atoms with van der Waals surface area (Å²) in [6.07, 6.45) is 5.05. The van der Waals surface area contributed by atoms with Gasteiger partial charge in [-0.15, -0.1) is 0 Å². The molecule has 3 aromatic carbocycles. The maximum atomic E-state index is 13.3. The first-order chi connectivity index (χ1) is 18.0. The molecule has 2 amide bonds. The van der Waals surface area contributed by atoms with Crippen LogP contribution < -0.4 is 10.6 Å². The van der Waals surface area contributed by atoms with E-state index >= 15 is 0 Å². The van der Waals surface area contributed by atoms with Crippen LogP contribution in [-0.4, -0.2) is 35.8 Å². The molecular weight excluding hydrogens is 465 g/mol. The Morgan fingerprint density at radius 2 is 1.76 bits per heavy atom. The number of anilines is 1. The summed E-state index contributed by atoms with van der Waals surface area (Å²) in [6, 6.07) is 24.6. The van der Waals surface area contributed by atoms with Crippen LogP contribution >= 0.6 is 0 Å². The van der Waals surface area contributed by atoms with Crippen molar-refractivity contribution in [3.63, 3.8) is 0 Å². The number of piperidine rings is 1. The van der Waals surface area contributed by atoms with Crippen LogP contribution in [0.2, 0.25) is 0 Å². The second-order valence-corrected chi connectivity index (χ2v) is 9.99. The van der Waals surface area contributed by atoms with Gasteiger partial charge < -0.3 is 10.6 Å². The lowest BCUT2D eigenvalue weighted by Crippen LogP contribution is -2.43. The first-order valence-corrected chi connectivity index (χ1v) is 13.1. The molecule has 0 bridgehead atoms. The third-order valence-corrected chi connectivity index (χ3v) is 7.14. The van der Waals surface area contributed by atoms with E-state index in [-0.39, 0.29) is 17.6 Å². The number of urea groups is 1. The van der Waals surface area contributed by atoms with Gasteiger partial charge in [-0.3, -0.25) is 9.69 Å². The number of benzene rings is 3. The van der Waals surface area contributed by atoms with Gasteiger partial charge in [-0.25, -0.2) is 9.18 Å². The number of carbonyl (C=O) groups is 2. The zero-order chi connectivity index (χ0) is 26.0. The molecule has 3 aromatic rings. The van der Waals surface area contributed by atoms with Crippen molar-refractivity contribution < 1.29 is 14.0 Å². The van der Waals surface area contributed by atoms with Gasteiger partial charge in [0.2, 0.25) is 0 Å². The number of nitrogens with one attached hydrogen (secondary N) is 2. The topological polar surface area (TPSA) is 61.4 Å². The summed E-state index contributed by atoms with van der Waals surface area (Å²) in [5.41, 5.74) is 3.68. The van der Waals surface area contributed by atoms with Crippen molar-refractivity contribution in [3.05, 3.63) is 101 Å². The van der Waals surface area contributed by atoms with E-state index in [0.717, 1.165) is 45.2 Å². The molecule has 1 fully saturated rings. The summed E-state index contributed by atoms with van der Waals surface area (Å²) >= 11 is 0. The van der Waals surface area contributed by atoms with Gasteiger partial charge in [0.05, 0.1) is 0 Å². The molecule has 0 spiro atoms. The second kappa shape index (κ2) is 13.2. The quantitative estimate of drug-likeness (QED) is 0.248. The third kappa shape index (κ3) is 8.25. The van der Waals surface area contributed by atoms with E-state index in [2.05, 4.69) is 39.8 Å². The molecule has 1 heterocycles. The van der Waals surface area contributed by atoms with Crippen molar-refractivity contribution in [2.45, 2.75) is 51.6 Å². The highest BCUT2D eigenvalue weighted by atomic mass is 19.1. The number of Topliss-reactive ketones (excluding diaryl/α,β-unsaturated/α-hetero) is 1. The number of hydrogen-bond acceptors (Lipinski definition) is 3. The second-order valence-electron chi connectivity index (χ2n) is 9.99. The number of rotatable bonds is 10. The minimum Gasteiger partial charge on any atom is -0.338 e. The lowest BCUT2D eigenvalue weighted by atomic mass is 9.84. The molecule has 194 valence electrons. The number of carbonyl (C=O) groups excluding carboxylic acids is 2. The number of amides is 2. The van der Waals surface area contributed by atoms with Crippen LogP contribution in [-0.2, 0) is 13.0 Å². The molecule has 6 heteroatoms. The van der Waals surface area contributed by atoms with Gasteiger partial charge in [-0.2, -0.15) is 0 Å². The molecule has 1 saturated heterocycles. The molecule has 1 aliphatic heterocycles. The maximum absolute atomic E-state index is 13.3. The van der Waals surface area contributed by atoms with Crippen LogP contribution in [0.15, 0.2) is 78.9 Å². The van der Waals surface area contributed by atoms with Crippen LogP contribution in [0.1, 0.15) is 54.1 Å². The normalized spacial score (nSPS) is 17.8. The number of hydrogen-bond donors (Lipinski definition) is 2. The summed E-state index contributed by atoms with van der Waals surface area (Å²) in [7, 11) is 0. The summed E-state index contributed by atoms with van der Waals surface area (Å²) in [6.45, 7) is 4.05. The summed E-state index contributed by atoms with van der Waals surface area (Å²) in [5.74, 6) is 0.337. The highest BCUT2D eigenvalue weighted by Gasteiger charge is 2.28. The molecule has 0 unspecified atom stereocenters. The molecule has 0 aromatic heterocycles. The maximum Gasteiger partial charge on any atom is 0.319 e. The Balaban J connectivity index is 1.30. The summed E-state index contributed by atoms with van der Waals surface area (Å²) < 4.78 is 13.3.